The molecule has 0 fully saturated rings. The second-order valence-corrected chi connectivity index (χ2v) is 11.4. The monoisotopic (exact) mass is 222 g/mol. The summed E-state index contributed by atoms with van der Waals surface area (Å²) >= 11 is 6.00. The van der Waals surface area contributed by atoms with E-state index in [-0.39, 0.29) is 5.97 Å². The van der Waals surface area contributed by atoms with E-state index in [9.17, 15) is 4.79 Å². The predicted molar refractivity (Wildman–Crippen MR) is 58.8 cm³/mol. The normalized spacial score (nSPS) is 15.3. The lowest BCUT2D eigenvalue weighted by Crippen LogP contribution is -2.43. The number of carbonyl (C=O) groups is 1. The first-order valence-electron chi connectivity index (χ1n) is 4.41. The average Bonchev–Trinajstić information content (AvgIpc) is 1.79. The summed E-state index contributed by atoms with van der Waals surface area (Å²) in [6.45, 7) is 11.7. The minimum atomic E-state index is -1.63. The van der Waals surface area contributed by atoms with E-state index in [0.717, 1.165) is 0 Å². The third-order valence-corrected chi connectivity index (χ3v) is 5.27. The van der Waals surface area contributed by atoms with Gasteiger partial charge in [0.05, 0.1) is 8.07 Å². The maximum absolute atomic E-state index is 11.5. The summed E-state index contributed by atoms with van der Waals surface area (Å²) in [6.07, 6.45) is 0. The molecule has 0 aliphatic rings. The van der Waals surface area contributed by atoms with Crippen LogP contribution in [-0.2, 0) is 9.53 Å². The van der Waals surface area contributed by atoms with E-state index in [2.05, 4.69) is 19.6 Å². The van der Waals surface area contributed by atoms with Gasteiger partial charge in [0.15, 0.2) is 0 Å². The molecule has 1 atom stereocenters. The Hall–Kier alpha value is -0.0231. The van der Waals surface area contributed by atoms with Crippen molar-refractivity contribution in [1.82, 2.24) is 0 Å². The highest BCUT2D eigenvalue weighted by molar-refractivity contribution is 6.87. The molecular weight excluding hydrogens is 204 g/mol. The number of esters is 1. The first kappa shape index (κ1) is 13.0. The van der Waals surface area contributed by atoms with Crippen LogP contribution in [0.3, 0.4) is 0 Å². The first-order chi connectivity index (χ1) is 5.54. The lowest BCUT2D eigenvalue weighted by molar-refractivity contribution is -0.152. The molecule has 0 aromatic rings. The SMILES string of the molecule is CC(C)(C)OC(=O)[C@@H](Cl)[Si](C)(C)C. The van der Waals surface area contributed by atoms with Crippen LogP contribution in [0.25, 0.3) is 0 Å². The summed E-state index contributed by atoms with van der Waals surface area (Å²) in [5.74, 6) is -0.284. The van der Waals surface area contributed by atoms with Crippen LogP contribution in [0.4, 0.5) is 0 Å². The molecular formula is C9H19ClO2Si. The second-order valence-electron chi connectivity index (χ2n) is 5.26. The standard InChI is InChI=1S/C9H19ClO2Si/c1-9(2,3)12-8(11)7(10)13(4,5)6/h7H,1-6H3/t7-/m0/s1. The molecule has 2 nitrogen and oxygen atoms in total. The van der Waals surface area contributed by atoms with E-state index < -0.39 is 18.7 Å². The number of halogens is 1. The van der Waals surface area contributed by atoms with Crippen molar-refractivity contribution in [3.63, 3.8) is 0 Å². The molecule has 0 amide bonds. The zero-order valence-corrected chi connectivity index (χ0v) is 11.0. The fourth-order valence-corrected chi connectivity index (χ4v) is 1.52. The summed E-state index contributed by atoms with van der Waals surface area (Å²) in [6, 6.07) is 0. The van der Waals surface area contributed by atoms with Crippen molar-refractivity contribution >= 4 is 25.6 Å². The molecule has 0 bridgehead atoms. The molecule has 0 aromatic carbocycles. The van der Waals surface area contributed by atoms with Crippen LogP contribution in [-0.4, -0.2) is 24.6 Å². The van der Waals surface area contributed by atoms with E-state index in [1.54, 1.807) is 0 Å². The number of hydrogen-bond acceptors (Lipinski definition) is 2. The van der Waals surface area contributed by atoms with E-state index in [0.29, 0.717) is 0 Å². The summed E-state index contributed by atoms with van der Waals surface area (Å²) in [7, 11) is -1.63. The molecule has 4 heteroatoms. The fourth-order valence-electron chi connectivity index (χ4n) is 0.707. The van der Waals surface area contributed by atoms with Crippen LogP contribution in [0.5, 0.6) is 0 Å². The first-order valence-corrected chi connectivity index (χ1v) is 8.42. The molecule has 0 aliphatic carbocycles. The summed E-state index contributed by atoms with van der Waals surface area (Å²) < 4.78 is 5.19. The highest BCUT2D eigenvalue weighted by Crippen LogP contribution is 2.18. The van der Waals surface area contributed by atoms with Crippen molar-refractivity contribution in [3.05, 3.63) is 0 Å². The van der Waals surface area contributed by atoms with Gasteiger partial charge in [0.25, 0.3) is 0 Å². The van der Waals surface area contributed by atoms with Gasteiger partial charge in [0.2, 0.25) is 0 Å². The number of carbonyl (C=O) groups excluding carboxylic acids is 1. The second kappa shape index (κ2) is 4.01. The molecule has 0 aliphatic heterocycles. The number of rotatable bonds is 2. The van der Waals surface area contributed by atoms with Gasteiger partial charge in [-0.2, -0.15) is 0 Å². The summed E-state index contributed by atoms with van der Waals surface area (Å²) in [5.41, 5.74) is -0.441. The minimum absolute atomic E-state index is 0.284. The Morgan fingerprint density at radius 3 is 1.92 bits per heavy atom. The van der Waals surface area contributed by atoms with Crippen LogP contribution < -0.4 is 0 Å². The van der Waals surface area contributed by atoms with Gasteiger partial charge in [0.1, 0.15) is 10.6 Å². The van der Waals surface area contributed by atoms with Gasteiger partial charge in [-0.05, 0) is 20.8 Å². The van der Waals surface area contributed by atoms with Gasteiger partial charge in [0, 0.05) is 0 Å². The zero-order chi connectivity index (χ0) is 10.9. The average molecular weight is 223 g/mol. The molecule has 0 saturated heterocycles. The van der Waals surface area contributed by atoms with Gasteiger partial charge < -0.3 is 4.74 Å². The maximum Gasteiger partial charge on any atom is 0.321 e. The highest BCUT2D eigenvalue weighted by atomic mass is 35.5. The van der Waals surface area contributed by atoms with Gasteiger partial charge in [-0.1, -0.05) is 19.6 Å². The summed E-state index contributed by atoms with van der Waals surface area (Å²) in [4.78, 5) is 11.5. The smallest absolute Gasteiger partial charge is 0.321 e. The Morgan fingerprint density at radius 2 is 1.69 bits per heavy atom. The van der Waals surface area contributed by atoms with Crippen molar-refractivity contribution in [2.45, 2.75) is 51.0 Å². The Kier molecular flexibility index (Phi) is 4.00. The lowest BCUT2D eigenvalue weighted by atomic mass is 10.2. The van der Waals surface area contributed by atoms with Crippen LogP contribution >= 0.6 is 11.6 Å². The number of alkyl halides is 1. The van der Waals surface area contributed by atoms with E-state index in [1.807, 2.05) is 20.8 Å². The third-order valence-electron chi connectivity index (χ3n) is 1.37. The molecule has 0 aromatic heterocycles. The Morgan fingerprint density at radius 1 is 1.31 bits per heavy atom. The molecule has 0 unspecified atom stereocenters. The maximum atomic E-state index is 11.5. The molecule has 13 heavy (non-hydrogen) atoms. The third kappa shape index (κ3) is 5.31. The molecule has 0 spiro atoms. The Balaban J connectivity index is 4.30. The molecule has 0 N–H and O–H groups in total. The van der Waals surface area contributed by atoms with Gasteiger partial charge in [-0.25, -0.2) is 0 Å². The minimum Gasteiger partial charge on any atom is -0.459 e. The molecule has 0 saturated carbocycles. The van der Waals surface area contributed by atoms with Gasteiger partial charge in [-0.3, -0.25) is 4.79 Å². The van der Waals surface area contributed by atoms with Crippen LogP contribution in [0.15, 0.2) is 0 Å². The molecule has 0 radical (unpaired) electrons. The lowest BCUT2D eigenvalue weighted by Gasteiger charge is -2.26. The van der Waals surface area contributed by atoms with E-state index in [1.165, 1.54) is 0 Å². The molecule has 0 rings (SSSR count). The zero-order valence-electron chi connectivity index (χ0n) is 9.27. The van der Waals surface area contributed by atoms with E-state index in [4.69, 9.17) is 16.3 Å². The molecule has 78 valence electrons. The number of ether oxygens (including phenoxy) is 1. The van der Waals surface area contributed by atoms with E-state index >= 15 is 0 Å². The number of hydrogen-bond donors (Lipinski definition) is 0. The Labute approximate surface area is 86.6 Å². The summed E-state index contributed by atoms with van der Waals surface area (Å²) in [5, 5.41) is -0.452. The predicted octanol–water partition coefficient (Wildman–Crippen LogP) is 2.81. The largest absolute Gasteiger partial charge is 0.459 e. The molecule has 0 heterocycles. The van der Waals surface area contributed by atoms with Crippen molar-refractivity contribution in [1.29, 1.82) is 0 Å². The Bertz CT molecular complexity index is 191. The van der Waals surface area contributed by atoms with Crippen molar-refractivity contribution < 1.29 is 9.53 Å². The van der Waals surface area contributed by atoms with Crippen LogP contribution in [0.2, 0.25) is 19.6 Å². The van der Waals surface area contributed by atoms with Gasteiger partial charge in [-0.15, -0.1) is 11.6 Å². The van der Waals surface area contributed by atoms with Crippen molar-refractivity contribution in [2.24, 2.45) is 0 Å². The van der Waals surface area contributed by atoms with Crippen LogP contribution in [0.1, 0.15) is 20.8 Å². The topological polar surface area (TPSA) is 26.3 Å². The quantitative estimate of drug-likeness (QED) is 0.408. The fraction of sp³-hybridized carbons (Fsp3) is 0.889. The van der Waals surface area contributed by atoms with Crippen molar-refractivity contribution in [2.75, 3.05) is 0 Å². The van der Waals surface area contributed by atoms with Gasteiger partial charge >= 0.3 is 5.97 Å². The van der Waals surface area contributed by atoms with Crippen LogP contribution in [0, 0.1) is 0 Å². The van der Waals surface area contributed by atoms with Crippen molar-refractivity contribution in [3.8, 4) is 0 Å². The highest BCUT2D eigenvalue weighted by Gasteiger charge is 2.34.